The van der Waals surface area contributed by atoms with Crippen LogP contribution in [0.15, 0.2) is 24.3 Å². The van der Waals surface area contributed by atoms with Crippen molar-refractivity contribution in [1.82, 2.24) is 0 Å². The molecule has 0 amide bonds. The summed E-state index contributed by atoms with van der Waals surface area (Å²) in [6.45, 7) is 7.23. The molecule has 1 aromatic carbocycles. The summed E-state index contributed by atoms with van der Waals surface area (Å²) in [7, 11) is 1.69. The molecule has 0 saturated carbocycles. The van der Waals surface area contributed by atoms with Gasteiger partial charge in [-0.2, -0.15) is 0 Å². The third-order valence-corrected chi connectivity index (χ3v) is 3.74. The van der Waals surface area contributed by atoms with E-state index in [-0.39, 0.29) is 0 Å². The Labute approximate surface area is 113 Å². The van der Waals surface area contributed by atoms with Crippen molar-refractivity contribution in [3.8, 4) is 0 Å². The Morgan fingerprint density at radius 1 is 1.18 bits per heavy atom. The third-order valence-electron chi connectivity index (χ3n) is 3.10. The highest BCUT2D eigenvalue weighted by atomic mass is 79.9. The molecule has 0 heterocycles. The molecule has 4 heteroatoms. The Balaban J connectivity index is 2.61. The van der Waals surface area contributed by atoms with Crippen LogP contribution in [0.3, 0.4) is 0 Å². The highest BCUT2D eigenvalue weighted by Crippen LogP contribution is 2.24. The van der Waals surface area contributed by atoms with E-state index in [2.05, 4.69) is 15.9 Å². The number of aliphatic hydroxyl groups is 1. The van der Waals surface area contributed by atoms with Crippen LogP contribution in [-0.4, -0.2) is 23.8 Å². The van der Waals surface area contributed by atoms with Crippen LogP contribution in [0.25, 0.3) is 0 Å². The lowest BCUT2D eigenvalue weighted by Gasteiger charge is -2.37. The molecule has 0 saturated heterocycles. The second-order valence-corrected chi connectivity index (χ2v) is 5.74. The first-order valence-corrected chi connectivity index (χ1v) is 6.77. The van der Waals surface area contributed by atoms with E-state index in [0.29, 0.717) is 0 Å². The predicted octanol–water partition coefficient (Wildman–Crippen LogP) is 2.39. The largest absolute Gasteiger partial charge is 0.427 e. The van der Waals surface area contributed by atoms with Gasteiger partial charge in [0.2, 0.25) is 0 Å². The van der Waals surface area contributed by atoms with Crippen molar-refractivity contribution < 1.29 is 9.76 Å². The molecule has 1 rings (SSSR count). The van der Waals surface area contributed by atoms with Crippen molar-refractivity contribution in [3.63, 3.8) is 0 Å². The van der Waals surface area contributed by atoms with Crippen molar-refractivity contribution in [2.45, 2.75) is 44.2 Å². The van der Waals surface area contributed by atoms with Crippen LogP contribution in [0.1, 0.15) is 33.3 Å². The first-order valence-electron chi connectivity index (χ1n) is 5.64. The maximum absolute atomic E-state index is 9.95. The van der Waals surface area contributed by atoms with Gasteiger partial charge in [-0.05, 0) is 33.3 Å². The van der Waals surface area contributed by atoms with Gasteiger partial charge in [-0.3, -0.25) is 0 Å². The molecule has 0 bridgehead atoms. The molecule has 0 aliphatic carbocycles. The molecule has 0 atom stereocenters. The Bertz CT molecular complexity index is 355. The number of hydrogen-bond donors (Lipinski definition) is 1. The summed E-state index contributed by atoms with van der Waals surface area (Å²) in [6, 6.07) is 8.08. The van der Waals surface area contributed by atoms with Crippen LogP contribution in [-0.2, 0) is 9.98 Å². The highest BCUT2D eigenvalue weighted by molar-refractivity contribution is 9.08. The standard InChI is InChI=1S/C13H19BBrO2/c1-12(2,16)13(3,4)17-14-11-7-5-10(9-15)6-8-11/h5-8,16H,9H2,1-4H3. The zero-order valence-electron chi connectivity index (χ0n) is 10.8. The van der Waals surface area contributed by atoms with Gasteiger partial charge in [0, 0.05) is 5.33 Å². The van der Waals surface area contributed by atoms with Gasteiger partial charge < -0.3 is 9.76 Å². The molecule has 2 nitrogen and oxygen atoms in total. The molecule has 93 valence electrons. The lowest BCUT2D eigenvalue weighted by atomic mass is 9.82. The minimum Gasteiger partial charge on any atom is -0.427 e. The third kappa shape index (κ3) is 4.13. The number of rotatable bonds is 5. The van der Waals surface area contributed by atoms with Crippen LogP contribution in [0.5, 0.6) is 0 Å². The van der Waals surface area contributed by atoms with E-state index in [1.54, 1.807) is 21.3 Å². The van der Waals surface area contributed by atoms with Gasteiger partial charge in [0.05, 0.1) is 11.2 Å². The maximum atomic E-state index is 9.95. The monoisotopic (exact) mass is 297 g/mol. The molecule has 0 aliphatic rings. The van der Waals surface area contributed by atoms with Gasteiger partial charge in [-0.15, -0.1) is 0 Å². The number of hydrogen-bond acceptors (Lipinski definition) is 2. The fraction of sp³-hybridized carbons (Fsp3) is 0.538. The Hall–Kier alpha value is -0.315. The Morgan fingerprint density at radius 3 is 2.12 bits per heavy atom. The molecule has 17 heavy (non-hydrogen) atoms. The average molecular weight is 298 g/mol. The van der Waals surface area contributed by atoms with Crippen molar-refractivity contribution in [3.05, 3.63) is 29.8 Å². The van der Waals surface area contributed by atoms with E-state index in [9.17, 15) is 5.11 Å². The topological polar surface area (TPSA) is 29.5 Å². The summed E-state index contributed by atoms with van der Waals surface area (Å²) in [5.41, 5.74) is 0.705. The van der Waals surface area contributed by atoms with Crippen molar-refractivity contribution >= 4 is 28.9 Å². The summed E-state index contributed by atoms with van der Waals surface area (Å²) >= 11 is 3.40. The quantitative estimate of drug-likeness (QED) is 0.668. The van der Waals surface area contributed by atoms with Crippen LogP contribution in [0.2, 0.25) is 0 Å². The zero-order chi connectivity index (χ0) is 13.1. The van der Waals surface area contributed by atoms with Crippen LogP contribution in [0, 0.1) is 0 Å². The van der Waals surface area contributed by atoms with Gasteiger partial charge >= 0.3 is 7.48 Å². The van der Waals surface area contributed by atoms with Crippen LogP contribution in [0.4, 0.5) is 0 Å². The van der Waals surface area contributed by atoms with Gasteiger partial charge in [0.15, 0.2) is 0 Å². The Kier molecular flexibility index (Phi) is 4.81. The van der Waals surface area contributed by atoms with Crippen molar-refractivity contribution in [1.29, 1.82) is 0 Å². The number of alkyl halides is 1. The van der Waals surface area contributed by atoms with Gasteiger partial charge in [0.1, 0.15) is 0 Å². The molecular weight excluding hydrogens is 279 g/mol. The molecule has 1 radical (unpaired) electrons. The van der Waals surface area contributed by atoms with Crippen molar-refractivity contribution in [2.75, 3.05) is 0 Å². The molecule has 1 aromatic rings. The molecular formula is C13H19BBrO2. The lowest BCUT2D eigenvalue weighted by molar-refractivity contribution is -0.0893. The molecule has 0 fully saturated rings. The van der Waals surface area contributed by atoms with Crippen LogP contribution >= 0.6 is 15.9 Å². The highest BCUT2D eigenvalue weighted by Gasteiger charge is 2.35. The van der Waals surface area contributed by atoms with E-state index in [0.717, 1.165) is 10.8 Å². The SMILES string of the molecule is CC(C)(O)C(C)(C)O[B]c1ccc(CBr)cc1. The summed E-state index contributed by atoms with van der Waals surface area (Å²) in [5, 5.41) is 10.8. The van der Waals surface area contributed by atoms with E-state index in [1.165, 1.54) is 5.56 Å². The first kappa shape index (κ1) is 14.7. The van der Waals surface area contributed by atoms with Gasteiger partial charge in [0.25, 0.3) is 0 Å². The summed E-state index contributed by atoms with van der Waals surface area (Å²) in [4.78, 5) is 0. The Morgan fingerprint density at radius 2 is 1.71 bits per heavy atom. The summed E-state index contributed by atoms with van der Waals surface area (Å²) in [5.74, 6) is 0. The second-order valence-electron chi connectivity index (χ2n) is 5.18. The van der Waals surface area contributed by atoms with Crippen molar-refractivity contribution in [2.24, 2.45) is 0 Å². The van der Waals surface area contributed by atoms with E-state index in [1.807, 2.05) is 38.1 Å². The molecule has 0 unspecified atom stereocenters. The number of benzene rings is 1. The van der Waals surface area contributed by atoms with E-state index in [4.69, 9.17) is 4.65 Å². The first-order chi connectivity index (χ1) is 7.76. The van der Waals surface area contributed by atoms with E-state index < -0.39 is 11.2 Å². The minimum absolute atomic E-state index is 0.624. The molecule has 0 spiro atoms. The average Bonchev–Trinajstić information content (AvgIpc) is 2.25. The van der Waals surface area contributed by atoms with Crippen LogP contribution < -0.4 is 5.46 Å². The fourth-order valence-electron chi connectivity index (χ4n) is 1.04. The van der Waals surface area contributed by atoms with Gasteiger partial charge in [-0.25, -0.2) is 0 Å². The molecule has 0 aromatic heterocycles. The minimum atomic E-state index is -0.890. The fourth-order valence-corrected chi connectivity index (χ4v) is 1.42. The maximum Gasteiger partial charge on any atom is 0.330 e. The normalized spacial score (nSPS) is 12.6. The lowest BCUT2D eigenvalue weighted by Crippen LogP contribution is -2.49. The van der Waals surface area contributed by atoms with Gasteiger partial charge in [-0.1, -0.05) is 45.7 Å². The second kappa shape index (κ2) is 5.55. The van der Waals surface area contributed by atoms with E-state index >= 15 is 0 Å². The zero-order valence-corrected chi connectivity index (χ0v) is 12.4. The predicted molar refractivity (Wildman–Crippen MR) is 75.9 cm³/mol. The smallest absolute Gasteiger partial charge is 0.330 e. The number of halogens is 1. The molecule has 0 aliphatic heterocycles. The summed E-state index contributed by atoms with van der Waals surface area (Å²) in [6.07, 6.45) is 0. The molecule has 1 N–H and O–H groups in total. The summed E-state index contributed by atoms with van der Waals surface area (Å²) < 4.78 is 5.67.